The Kier molecular flexibility index (Phi) is 11.4. The third-order valence-corrected chi connectivity index (χ3v) is 18.1. The van der Waals surface area contributed by atoms with E-state index in [2.05, 4.69) is 27.7 Å². The molecule has 0 saturated heterocycles. The molecule has 0 aromatic rings. The van der Waals surface area contributed by atoms with Crippen molar-refractivity contribution in [1.29, 1.82) is 0 Å². The summed E-state index contributed by atoms with van der Waals surface area (Å²) in [6.45, 7) is 15.2. The maximum absolute atomic E-state index is 13.2. The molecule has 0 spiro atoms. The van der Waals surface area contributed by atoms with Gasteiger partial charge in [0.05, 0.1) is 6.10 Å². The van der Waals surface area contributed by atoms with Gasteiger partial charge in [0.1, 0.15) is 30.2 Å². The molecule has 8 fully saturated rings. The molecule has 0 bridgehead atoms. The molecule has 1 N–H and O–H groups in total. The smallest absolute Gasteiger partial charge is 0.302 e. The summed E-state index contributed by atoms with van der Waals surface area (Å²) in [5.74, 6) is 2.80. The Bertz CT molecular complexity index is 1560. The van der Waals surface area contributed by atoms with Crippen LogP contribution >= 0.6 is 0 Å². The molecule has 8 saturated carbocycles. The number of ether oxygens (including phenoxy) is 4. The van der Waals surface area contributed by atoms with E-state index in [0.29, 0.717) is 54.1 Å². The van der Waals surface area contributed by atoms with Crippen LogP contribution < -0.4 is 0 Å². The summed E-state index contributed by atoms with van der Waals surface area (Å²) in [5.41, 5.74) is 0.174. The molecule has 56 heavy (non-hydrogen) atoms. The van der Waals surface area contributed by atoms with E-state index in [9.17, 15) is 29.1 Å². The summed E-state index contributed by atoms with van der Waals surface area (Å²) in [4.78, 5) is 59.2. The van der Waals surface area contributed by atoms with E-state index >= 15 is 0 Å². The minimum atomic E-state index is -0.334. The summed E-state index contributed by atoms with van der Waals surface area (Å²) in [6.07, 6.45) is 14.7. The van der Waals surface area contributed by atoms with E-state index in [1.54, 1.807) is 0 Å². The molecule has 0 aromatic heterocycles. The summed E-state index contributed by atoms with van der Waals surface area (Å²) >= 11 is 0. The lowest BCUT2D eigenvalue weighted by molar-refractivity contribution is -0.187. The zero-order valence-electron chi connectivity index (χ0n) is 35.4. The number of Topliss-reactive ketones (excluding diaryl/α,β-unsaturated/α-hetero) is 1. The molecule has 17 atom stereocenters. The van der Waals surface area contributed by atoms with Crippen LogP contribution in [0.4, 0.5) is 0 Å². The van der Waals surface area contributed by atoms with Crippen molar-refractivity contribution in [3.63, 3.8) is 0 Å². The van der Waals surface area contributed by atoms with Crippen molar-refractivity contribution in [3.05, 3.63) is 0 Å². The van der Waals surface area contributed by atoms with Crippen LogP contribution in [0.15, 0.2) is 0 Å². The van der Waals surface area contributed by atoms with Gasteiger partial charge in [-0.1, -0.05) is 27.7 Å². The Hall–Kier alpha value is -2.49. The number of carbonyl (C=O) groups is 5. The number of hydrogen-bond donors (Lipinski definition) is 1. The van der Waals surface area contributed by atoms with Crippen LogP contribution in [0.3, 0.4) is 0 Å². The zero-order chi connectivity index (χ0) is 40.5. The first-order valence-corrected chi connectivity index (χ1v) is 22.2. The number of aliphatic hydroxyl groups excluding tert-OH is 1. The van der Waals surface area contributed by atoms with Gasteiger partial charge in [-0.25, -0.2) is 0 Å². The van der Waals surface area contributed by atoms with E-state index in [-0.39, 0.29) is 87.9 Å². The van der Waals surface area contributed by atoms with Crippen molar-refractivity contribution in [2.24, 2.45) is 69.0 Å². The first-order valence-electron chi connectivity index (χ1n) is 22.2. The lowest BCUT2D eigenvalue weighted by Gasteiger charge is -2.62. The maximum atomic E-state index is 13.2. The van der Waals surface area contributed by atoms with Crippen LogP contribution in [0.2, 0.25) is 0 Å². The Morgan fingerprint density at radius 2 is 0.929 bits per heavy atom. The number of hydrogen-bond acceptors (Lipinski definition) is 10. The Labute approximate surface area is 334 Å². The number of rotatable bonds is 4. The highest BCUT2D eigenvalue weighted by Gasteiger charge is 2.65. The highest BCUT2D eigenvalue weighted by atomic mass is 16.6. The minimum absolute atomic E-state index is 0.00344. The van der Waals surface area contributed by atoms with Gasteiger partial charge >= 0.3 is 23.9 Å². The lowest BCUT2D eigenvalue weighted by atomic mass is 9.44. The topological polar surface area (TPSA) is 142 Å². The predicted molar refractivity (Wildman–Crippen MR) is 207 cm³/mol. The largest absolute Gasteiger partial charge is 0.463 e. The molecule has 0 heterocycles. The highest BCUT2D eigenvalue weighted by Crippen LogP contribution is 2.68. The van der Waals surface area contributed by atoms with Crippen LogP contribution in [-0.4, -0.2) is 65.3 Å². The quantitative estimate of drug-likeness (QED) is 0.221. The molecule has 314 valence electrons. The van der Waals surface area contributed by atoms with Crippen molar-refractivity contribution in [1.82, 2.24) is 0 Å². The van der Waals surface area contributed by atoms with Crippen molar-refractivity contribution in [2.75, 3.05) is 0 Å². The van der Waals surface area contributed by atoms with Gasteiger partial charge in [-0.3, -0.25) is 24.0 Å². The second-order valence-corrected chi connectivity index (χ2v) is 20.8. The third-order valence-electron chi connectivity index (χ3n) is 18.1. The third kappa shape index (κ3) is 7.16. The van der Waals surface area contributed by atoms with Crippen molar-refractivity contribution in [2.45, 2.75) is 189 Å². The lowest BCUT2D eigenvalue weighted by Crippen LogP contribution is -2.58. The standard InChI is InChI=1S/C23H36O5.C23H34O5/c2*1-13(24)27-15-7-9-22(3)18-8-10-23(4)17(5-6-21(23)28-14(2)25)16(18)12-20(26)19(22)11-15/h15-21,26H,5-12H2,1-4H3;15-19,21H,5-12H2,1-4H3/t15-,16-,17?,18?,19+,20+,21-,22+,23-;15-,16-,17?,18?,19+,21-,22+,23-/m00/s1. The zero-order valence-corrected chi connectivity index (χ0v) is 35.4. The molecule has 8 aliphatic rings. The molecular formula is C46H70O10. The molecule has 0 aromatic carbocycles. The molecule has 10 heteroatoms. The summed E-state index contributed by atoms with van der Waals surface area (Å²) in [6, 6.07) is 0. The Balaban J connectivity index is 0.000000172. The second kappa shape index (κ2) is 15.3. The van der Waals surface area contributed by atoms with Gasteiger partial charge in [0.2, 0.25) is 0 Å². The van der Waals surface area contributed by atoms with Crippen LogP contribution in [0, 0.1) is 69.0 Å². The fourth-order valence-electron chi connectivity index (χ4n) is 15.6. The van der Waals surface area contributed by atoms with E-state index in [0.717, 1.165) is 89.9 Å². The molecule has 0 aliphatic heterocycles. The van der Waals surface area contributed by atoms with Gasteiger partial charge in [0.15, 0.2) is 0 Å². The van der Waals surface area contributed by atoms with Gasteiger partial charge in [-0.2, -0.15) is 0 Å². The number of ketones is 1. The van der Waals surface area contributed by atoms with E-state index in [1.807, 2.05) is 0 Å². The fraction of sp³-hybridized carbons (Fsp3) is 0.891. The number of esters is 4. The van der Waals surface area contributed by atoms with Crippen LogP contribution in [-0.2, 0) is 42.9 Å². The van der Waals surface area contributed by atoms with E-state index in [4.69, 9.17) is 18.9 Å². The highest BCUT2D eigenvalue weighted by molar-refractivity contribution is 5.83. The van der Waals surface area contributed by atoms with Gasteiger partial charge in [0.25, 0.3) is 0 Å². The first-order chi connectivity index (χ1) is 26.3. The SMILES string of the molecule is CC(=O)O[C@H]1CC[C@]2(C)C3CC[C@@]4(C)C(CC[C@@H]4OC(C)=O)[C@@H]3CC(=O)[C@H]2C1.CC(=O)O[C@H]1CC[C@]2(C)C3CC[C@@]4(C)C(CC[C@@H]4OC(C)=O)[C@@H]3C[C@@H](O)[C@H]2C1. The predicted octanol–water partition coefficient (Wildman–Crippen LogP) is 7.93. The van der Waals surface area contributed by atoms with Gasteiger partial charge in [0, 0.05) is 50.9 Å². The van der Waals surface area contributed by atoms with Gasteiger partial charge < -0.3 is 24.1 Å². The molecule has 8 aliphatic carbocycles. The van der Waals surface area contributed by atoms with Crippen molar-refractivity contribution in [3.8, 4) is 0 Å². The molecule has 0 amide bonds. The van der Waals surface area contributed by atoms with Crippen LogP contribution in [0.5, 0.6) is 0 Å². The van der Waals surface area contributed by atoms with E-state index < -0.39 is 0 Å². The van der Waals surface area contributed by atoms with E-state index in [1.165, 1.54) is 27.7 Å². The fourth-order valence-corrected chi connectivity index (χ4v) is 15.6. The number of fused-ring (bicyclic) bond motifs is 10. The number of aliphatic hydroxyl groups is 1. The molecule has 8 rings (SSSR count). The normalized spacial score (nSPS) is 48.8. The molecule has 4 unspecified atom stereocenters. The van der Waals surface area contributed by atoms with Gasteiger partial charge in [-0.15, -0.1) is 0 Å². The van der Waals surface area contributed by atoms with Crippen molar-refractivity contribution >= 4 is 29.7 Å². The average Bonchev–Trinajstić information content (AvgIpc) is 3.61. The Morgan fingerprint density at radius 3 is 1.45 bits per heavy atom. The Morgan fingerprint density at radius 1 is 0.500 bits per heavy atom. The summed E-state index contributed by atoms with van der Waals surface area (Å²) in [5, 5.41) is 11.1. The average molecular weight is 783 g/mol. The summed E-state index contributed by atoms with van der Waals surface area (Å²) < 4.78 is 22.4. The first kappa shape index (κ1) is 41.7. The molecule has 10 nitrogen and oxygen atoms in total. The van der Waals surface area contributed by atoms with Crippen LogP contribution in [0.1, 0.15) is 158 Å². The summed E-state index contributed by atoms with van der Waals surface area (Å²) in [7, 11) is 0. The number of carbonyl (C=O) groups excluding carboxylic acids is 5. The monoisotopic (exact) mass is 782 g/mol. The van der Waals surface area contributed by atoms with Gasteiger partial charge in [-0.05, 0) is 149 Å². The minimum Gasteiger partial charge on any atom is -0.463 e. The maximum Gasteiger partial charge on any atom is 0.302 e. The van der Waals surface area contributed by atoms with Crippen molar-refractivity contribution < 1.29 is 48.0 Å². The molecular weight excluding hydrogens is 712 g/mol. The van der Waals surface area contributed by atoms with Crippen LogP contribution in [0.25, 0.3) is 0 Å². The molecule has 0 radical (unpaired) electrons. The second-order valence-electron chi connectivity index (χ2n) is 20.8.